The number of hydrogen-bond acceptors (Lipinski definition) is 1. The fraction of sp³-hybridized carbons (Fsp3) is 0.200. The third-order valence-electron chi connectivity index (χ3n) is 3.27. The Hall–Kier alpha value is -0.750. The van der Waals surface area contributed by atoms with Crippen molar-refractivity contribution in [2.45, 2.75) is 19.5 Å². The smallest absolute Gasteiger partial charge is 0.264 e. The molecule has 0 saturated heterocycles. The molecule has 0 aliphatic heterocycles. The summed E-state index contributed by atoms with van der Waals surface area (Å²) in [5, 5.41) is 0. The third kappa shape index (κ3) is 3.23. The SMILES string of the molecule is Cc1ccccc1C(c1ccccc1C)P(=O)(Cl)Cl. The van der Waals surface area contributed by atoms with E-state index in [0.717, 1.165) is 22.3 Å². The molecule has 2 rings (SSSR count). The van der Waals surface area contributed by atoms with E-state index in [9.17, 15) is 4.57 Å². The molecule has 0 radical (unpaired) electrons. The molecule has 0 unspecified atom stereocenters. The molecule has 0 atom stereocenters. The van der Waals surface area contributed by atoms with Crippen LogP contribution >= 0.6 is 28.3 Å². The Morgan fingerprint density at radius 2 is 1.21 bits per heavy atom. The minimum absolute atomic E-state index is 0.474. The second-order valence-corrected chi connectivity index (χ2v) is 9.67. The predicted molar refractivity (Wildman–Crippen MR) is 83.5 cm³/mol. The summed E-state index contributed by atoms with van der Waals surface area (Å²) < 4.78 is 12.4. The average molecular weight is 313 g/mol. The molecule has 19 heavy (non-hydrogen) atoms. The van der Waals surface area contributed by atoms with Crippen molar-refractivity contribution in [2.75, 3.05) is 0 Å². The van der Waals surface area contributed by atoms with Gasteiger partial charge in [-0.3, -0.25) is 4.57 Å². The van der Waals surface area contributed by atoms with Gasteiger partial charge >= 0.3 is 0 Å². The highest BCUT2D eigenvalue weighted by molar-refractivity contribution is 8.08. The number of halogens is 2. The molecule has 0 heterocycles. The first kappa shape index (κ1) is 14.7. The van der Waals surface area contributed by atoms with Gasteiger partial charge in [0.15, 0.2) is 0 Å². The Kier molecular flexibility index (Phi) is 4.40. The summed E-state index contributed by atoms with van der Waals surface area (Å²) in [5.74, 6) is -3.33. The fourth-order valence-electron chi connectivity index (χ4n) is 2.28. The molecule has 0 fully saturated rings. The van der Waals surface area contributed by atoms with Crippen molar-refractivity contribution in [3.05, 3.63) is 70.8 Å². The summed E-state index contributed by atoms with van der Waals surface area (Å²) >= 11 is 12.1. The van der Waals surface area contributed by atoms with Crippen molar-refractivity contribution in [1.82, 2.24) is 0 Å². The second-order valence-electron chi connectivity index (χ2n) is 4.62. The van der Waals surface area contributed by atoms with E-state index in [1.54, 1.807) is 0 Å². The average Bonchev–Trinajstić information content (AvgIpc) is 2.33. The van der Waals surface area contributed by atoms with Crippen LogP contribution < -0.4 is 0 Å². The van der Waals surface area contributed by atoms with Crippen LogP contribution in [0.5, 0.6) is 0 Å². The van der Waals surface area contributed by atoms with Gasteiger partial charge in [0, 0.05) is 0 Å². The first-order valence-electron chi connectivity index (χ1n) is 6.01. The van der Waals surface area contributed by atoms with Gasteiger partial charge < -0.3 is 0 Å². The topological polar surface area (TPSA) is 17.1 Å². The van der Waals surface area contributed by atoms with Gasteiger partial charge in [-0.05, 0) is 58.6 Å². The third-order valence-corrected chi connectivity index (χ3v) is 5.60. The first-order chi connectivity index (χ1) is 8.91. The van der Waals surface area contributed by atoms with E-state index >= 15 is 0 Å². The molecule has 1 nitrogen and oxygen atoms in total. The molecule has 0 N–H and O–H groups in total. The maximum Gasteiger partial charge on any atom is 0.264 e. The maximum atomic E-state index is 12.4. The number of rotatable bonds is 3. The molecular weight excluding hydrogens is 298 g/mol. The monoisotopic (exact) mass is 312 g/mol. The molecule has 0 aromatic heterocycles. The van der Waals surface area contributed by atoms with Gasteiger partial charge in [-0.2, -0.15) is 0 Å². The zero-order valence-electron chi connectivity index (χ0n) is 10.8. The highest BCUT2D eigenvalue weighted by Gasteiger charge is 2.33. The summed E-state index contributed by atoms with van der Waals surface area (Å²) in [6.07, 6.45) is 0. The van der Waals surface area contributed by atoms with E-state index in [-0.39, 0.29) is 0 Å². The van der Waals surface area contributed by atoms with E-state index in [1.807, 2.05) is 62.4 Å². The van der Waals surface area contributed by atoms with Gasteiger partial charge in [-0.1, -0.05) is 48.5 Å². The van der Waals surface area contributed by atoms with Crippen molar-refractivity contribution in [3.63, 3.8) is 0 Å². The van der Waals surface area contributed by atoms with Crippen LogP contribution in [0.15, 0.2) is 48.5 Å². The van der Waals surface area contributed by atoms with E-state index in [1.165, 1.54) is 0 Å². The van der Waals surface area contributed by atoms with Crippen molar-refractivity contribution >= 4 is 28.3 Å². The van der Waals surface area contributed by atoms with Crippen LogP contribution in [0, 0.1) is 13.8 Å². The normalized spacial score (nSPS) is 11.8. The number of benzene rings is 2. The number of hydrogen-bond donors (Lipinski definition) is 0. The molecule has 0 saturated carbocycles. The van der Waals surface area contributed by atoms with Gasteiger partial charge in [-0.15, -0.1) is 0 Å². The van der Waals surface area contributed by atoms with Crippen LogP contribution in [-0.2, 0) is 4.57 Å². The van der Waals surface area contributed by atoms with Gasteiger partial charge in [0.2, 0.25) is 0 Å². The van der Waals surface area contributed by atoms with Gasteiger partial charge in [-0.25, -0.2) is 0 Å². The van der Waals surface area contributed by atoms with E-state index in [0.29, 0.717) is 0 Å². The van der Waals surface area contributed by atoms with Crippen LogP contribution in [0.2, 0.25) is 0 Å². The summed E-state index contributed by atoms with van der Waals surface area (Å²) in [7, 11) is 0. The predicted octanol–water partition coefficient (Wildman–Crippen LogP) is 6.06. The highest BCUT2D eigenvalue weighted by atomic mass is 35.9. The minimum Gasteiger partial charge on any atom is -0.288 e. The van der Waals surface area contributed by atoms with Crippen molar-refractivity contribution < 1.29 is 4.57 Å². The summed E-state index contributed by atoms with van der Waals surface area (Å²) in [6, 6.07) is 15.5. The quantitative estimate of drug-likeness (QED) is 0.629. The Bertz CT molecular complexity index is 588. The molecule has 2 aromatic carbocycles. The van der Waals surface area contributed by atoms with Crippen LogP contribution in [0.1, 0.15) is 27.9 Å². The van der Waals surface area contributed by atoms with Crippen LogP contribution in [0.3, 0.4) is 0 Å². The first-order valence-corrected chi connectivity index (χ1v) is 9.60. The summed E-state index contributed by atoms with van der Waals surface area (Å²) in [6.45, 7) is 3.95. The standard InChI is InChI=1S/C15H15Cl2OP/c1-11-7-3-5-9-13(11)15(19(16,17)18)14-10-6-4-8-12(14)2/h3-10,15H,1-2H3. The molecule has 0 amide bonds. The maximum absolute atomic E-state index is 12.4. The Labute approximate surface area is 123 Å². The second kappa shape index (κ2) is 5.71. The Morgan fingerprint density at radius 3 is 1.53 bits per heavy atom. The lowest BCUT2D eigenvalue weighted by atomic mass is 9.97. The number of aryl methyl sites for hydroxylation is 2. The fourth-order valence-corrected chi connectivity index (χ4v) is 4.77. The lowest BCUT2D eigenvalue weighted by Gasteiger charge is -2.22. The minimum atomic E-state index is -3.33. The molecular formula is C15H15Cl2OP. The van der Waals surface area contributed by atoms with Crippen LogP contribution in [0.25, 0.3) is 0 Å². The molecule has 0 spiro atoms. The van der Waals surface area contributed by atoms with Crippen molar-refractivity contribution in [1.29, 1.82) is 0 Å². The molecule has 0 aliphatic rings. The lowest BCUT2D eigenvalue weighted by molar-refractivity contribution is 0.588. The van der Waals surface area contributed by atoms with Gasteiger partial charge in [0.05, 0.1) is 5.66 Å². The highest BCUT2D eigenvalue weighted by Crippen LogP contribution is 2.70. The van der Waals surface area contributed by atoms with E-state index in [4.69, 9.17) is 22.5 Å². The molecule has 0 bridgehead atoms. The van der Waals surface area contributed by atoms with Gasteiger partial charge in [0.25, 0.3) is 5.85 Å². The Balaban J connectivity index is 2.66. The summed E-state index contributed by atoms with van der Waals surface area (Å²) in [4.78, 5) is 0. The molecule has 100 valence electrons. The van der Waals surface area contributed by atoms with Crippen LogP contribution in [-0.4, -0.2) is 0 Å². The molecule has 4 heteroatoms. The van der Waals surface area contributed by atoms with Crippen molar-refractivity contribution in [2.24, 2.45) is 0 Å². The zero-order chi connectivity index (χ0) is 14.0. The lowest BCUT2D eigenvalue weighted by Crippen LogP contribution is -2.02. The largest absolute Gasteiger partial charge is 0.288 e. The Morgan fingerprint density at radius 1 is 0.842 bits per heavy atom. The zero-order valence-corrected chi connectivity index (χ0v) is 13.2. The van der Waals surface area contributed by atoms with Crippen molar-refractivity contribution in [3.8, 4) is 0 Å². The van der Waals surface area contributed by atoms with E-state index in [2.05, 4.69) is 0 Å². The van der Waals surface area contributed by atoms with E-state index < -0.39 is 11.5 Å². The molecule has 0 aliphatic carbocycles. The molecule has 2 aromatic rings. The summed E-state index contributed by atoms with van der Waals surface area (Å²) in [5.41, 5.74) is 3.45. The van der Waals surface area contributed by atoms with Gasteiger partial charge in [0.1, 0.15) is 0 Å². The van der Waals surface area contributed by atoms with Crippen LogP contribution in [0.4, 0.5) is 0 Å².